The molecular formula is C10H13ClN2O3. The Morgan fingerprint density at radius 2 is 2.31 bits per heavy atom. The number of amides is 1. The minimum absolute atomic E-state index is 0.0625. The number of phenolic OH excluding ortho intramolecular Hbond substituents is 1. The topological polar surface area (TPSA) is 84.6 Å². The molecule has 1 aromatic carbocycles. The quantitative estimate of drug-likeness (QED) is 0.680. The molecule has 1 amide bonds. The van der Waals surface area contributed by atoms with Gasteiger partial charge in [-0.3, -0.25) is 0 Å². The highest BCUT2D eigenvalue weighted by Crippen LogP contribution is 2.26. The molecule has 5 nitrogen and oxygen atoms in total. The molecule has 0 radical (unpaired) electrons. The number of rotatable bonds is 5. The molecule has 4 N–H and O–H groups in total. The molecular weight excluding hydrogens is 232 g/mol. The van der Waals surface area contributed by atoms with Crippen LogP contribution in [0.1, 0.15) is 5.56 Å². The molecule has 0 fully saturated rings. The molecule has 0 saturated carbocycles. The van der Waals surface area contributed by atoms with Crippen LogP contribution in [0.3, 0.4) is 0 Å². The standard InChI is InChI=1S/C10H13ClN2O3/c11-8-3-1-2-7(9(8)14)6-13-4-5-16-10(12)15/h1-3,13-14H,4-6H2,(H2,12,15). The van der Waals surface area contributed by atoms with E-state index in [1.165, 1.54) is 0 Å². The van der Waals surface area contributed by atoms with Crippen molar-refractivity contribution >= 4 is 17.7 Å². The fraction of sp³-hybridized carbons (Fsp3) is 0.300. The van der Waals surface area contributed by atoms with Crippen molar-refractivity contribution in [2.45, 2.75) is 6.54 Å². The van der Waals surface area contributed by atoms with Crippen LogP contribution in [-0.4, -0.2) is 24.4 Å². The normalized spacial score (nSPS) is 10.1. The van der Waals surface area contributed by atoms with E-state index in [-0.39, 0.29) is 12.4 Å². The first-order valence-corrected chi connectivity index (χ1v) is 5.08. The number of phenols is 1. The summed E-state index contributed by atoms with van der Waals surface area (Å²) in [7, 11) is 0. The van der Waals surface area contributed by atoms with Gasteiger partial charge < -0.3 is 20.9 Å². The van der Waals surface area contributed by atoms with Crippen molar-refractivity contribution in [3.05, 3.63) is 28.8 Å². The Morgan fingerprint density at radius 3 is 3.00 bits per heavy atom. The molecule has 0 saturated heterocycles. The Hall–Kier alpha value is -1.46. The number of ether oxygens (including phenoxy) is 1. The summed E-state index contributed by atoms with van der Waals surface area (Å²) in [5.41, 5.74) is 5.47. The molecule has 0 atom stereocenters. The van der Waals surface area contributed by atoms with Gasteiger partial charge in [0.25, 0.3) is 0 Å². The lowest BCUT2D eigenvalue weighted by Crippen LogP contribution is -2.23. The van der Waals surface area contributed by atoms with Gasteiger partial charge >= 0.3 is 6.09 Å². The zero-order valence-corrected chi connectivity index (χ0v) is 9.33. The van der Waals surface area contributed by atoms with Crippen LogP contribution in [0, 0.1) is 0 Å². The van der Waals surface area contributed by atoms with Crippen LogP contribution < -0.4 is 11.1 Å². The summed E-state index contributed by atoms with van der Waals surface area (Å²) >= 11 is 5.73. The highest BCUT2D eigenvalue weighted by atomic mass is 35.5. The van der Waals surface area contributed by atoms with E-state index in [4.69, 9.17) is 17.3 Å². The Labute approximate surface area is 98.2 Å². The highest BCUT2D eigenvalue weighted by molar-refractivity contribution is 6.32. The maximum atomic E-state index is 10.2. The van der Waals surface area contributed by atoms with Crippen LogP contribution in [0.15, 0.2) is 18.2 Å². The molecule has 1 rings (SSSR count). The summed E-state index contributed by atoms with van der Waals surface area (Å²) in [5, 5.41) is 12.9. The van der Waals surface area contributed by atoms with Gasteiger partial charge in [0.2, 0.25) is 0 Å². The van der Waals surface area contributed by atoms with E-state index in [1.54, 1.807) is 18.2 Å². The van der Waals surface area contributed by atoms with E-state index in [1.807, 2.05) is 0 Å². The number of para-hydroxylation sites is 1. The number of hydrogen-bond acceptors (Lipinski definition) is 4. The lowest BCUT2D eigenvalue weighted by Gasteiger charge is -2.07. The molecule has 0 aliphatic heterocycles. The number of aromatic hydroxyl groups is 1. The molecule has 0 aromatic heterocycles. The lowest BCUT2D eigenvalue weighted by atomic mass is 10.2. The van der Waals surface area contributed by atoms with Gasteiger partial charge in [-0.25, -0.2) is 4.79 Å². The number of primary amides is 1. The fourth-order valence-electron chi connectivity index (χ4n) is 1.15. The molecule has 16 heavy (non-hydrogen) atoms. The Kier molecular flexibility index (Phi) is 4.88. The average molecular weight is 245 g/mol. The third kappa shape index (κ3) is 3.96. The van der Waals surface area contributed by atoms with Gasteiger partial charge in [0.1, 0.15) is 12.4 Å². The second-order valence-electron chi connectivity index (χ2n) is 3.09. The number of carbonyl (C=O) groups is 1. The van der Waals surface area contributed by atoms with Gasteiger partial charge in [0.05, 0.1) is 5.02 Å². The van der Waals surface area contributed by atoms with Gasteiger partial charge in [0.15, 0.2) is 0 Å². The first-order valence-electron chi connectivity index (χ1n) is 4.70. The molecule has 0 aliphatic carbocycles. The van der Waals surface area contributed by atoms with Gasteiger partial charge in [-0.05, 0) is 6.07 Å². The zero-order chi connectivity index (χ0) is 12.0. The van der Waals surface area contributed by atoms with E-state index in [2.05, 4.69) is 10.1 Å². The van der Waals surface area contributed by atoms with E-state index < -0.39 is 6.09 Å². The predicted octanol–water partition coefficient (Wildman–Crippen LogP) is 1.23. The van der Waals surface area contributed by atoms with Gasteiger partial charge in [-0.15, -0.1) is 0 Å². The molecule has 0 spiro atoms. The molecule has 0 unspecified atom stereocenters. The first-order chi connectivity index (χ1) is 7.61. The van der Waals surface area contributed by atoms with E-state index in [0.29, 0.717) is 23.7 Å². The van der Waals surface area contributed by atoms with Crippen molar-refractivity contribution in [2.24, 2.45) is 5.73 Å². The Balaban J connectivity index is 2.32. The Morgan fingerprint density at radius 1 is 1.56 bits per heavy atom. The van der Waals surface area contributed by atoms with Crippen molar-refractivity contribution in [3.63, 3.8) is 0 Å². The van der Waals surface area contributed by atoms with Crippen molar-refractivity contribution in [1.82, 2.24) is 5.32 Å². The van der Waals surface area contributed by atoms with Crippen LogP contribution in [-0.2, 0) is 11.3 Å². The van der Waals surface area contributed by atoms with Gasteiger partial charge in [-0.1, -0.05) is 23.7 Å². The lowest BCUT2D eigenvalue weighted by molar-refractivity contribution is 0.157. The van der Waals surface area contributed by atoms with Crippen LogP contribution in [0.5, 0.6) is 5.75 Å². The fourth-order valence-corrected chi connectivity index (χ4v) is 1.34. The molecule has 1 aromatic rings. The Bertz CT molecular complexity index is 371. The van der Waals surface area contributed by atoms with Crippen LogP contribution in [0.2, 0.25) is 5.02 Å². The van der Waals surface area contributed by atoms with Gasteiger partial charge in [-0.2, -0.15) is 0 Å². The van der Waals surface area contributed by atoms with Gasteiger partial charge in [0, 0.05) is 18.7 Å². The molecule has 6 heteroatoms. The zero-order valence-electron chi connectivity index (χ0n) is 8.57. The first kappa shape index (κ1) is 12.6. The van der Waals surface area contributed by atoms with E-state index in [9.17, 15) is 9.90 Å². The summed E-state index contributed by atoms with van der Waals surface area (Å²) < 4.78 is 4.52. The average Bonchev–Trinajstić information content (AvgIpc) is 2.23. The summed E-state index contributed by atoms with van der Waals surface area (Å²) in [6.45, 7) is 1.08. The maximum Gasteiger partial charge on any atom is 0.404 e. The number of benzene rings is 1. The third-order valence-electron chi connectivity index (χ3n) is 1.91. The monoisotopic (exact) mass is 244 g/mol. The summed E-state index contributed by atoms with van der Waals surface area (Å²) in [5.74, 6) is 0.0625. The molecule has 88 valence electrons. The van der Waals surface area contributed by atoms with Crippen molar-refractivity contribution in [2.75, 3.05) is 13.2 Å². The smallest absolute Gasteiger partial charge is 0.404 e. The molecule has 0 bridgehead atoms. The molecule has 0 aliphatic rings. The number of nitrogens with one attached hydrogen (secondary N) is 1. The van der Waals surface area contributed by atoms with Crippen LogP contribution >= 0.6 is 11.6 Å². The SMILES string of the molecule is NC(=O)OCCNCc1cccc(Cl)c1O. The van der Waals surface area contributed by atoms with Crippen molar-refractivity contribution < 1.29 is 14.6 Å². The summed E-state index contributed by atoms with van der Waals surface area (Å²) in [6.07, 6.45) is -0.799. The summed E-state index contributed by atoms with van der Waals surface area (Å²) in [4.78, 5) is 10.2. The minimum Gasteiger partial charge on any atom is -0.506 e. The number of hydrogen-bond donors (Lipinski definition) is 3. The number of halogens is 1. The number of carbonyl (C=O) groups excluding carboxylic acids is 1. The number of nitrogens with two attached hydrogens (primary N) is 1. The maximum absolute atomic E-state index is 10.2. The molecule has 0 heterocycles. The second-order valence-corrected chi connectivity index (χ2v) is 3.50. The predicted molar refractivity (Wildman–Crippen MR) is 60.4 cm³/mol. The van der Waals surface area contributed by atoms with Crippen LogP contribution in [0.4, 0.5) is 4.79 Å². The largest absolute Gasteiger partial charge is 0.506 e. The van der Waals surface area contributed by atoms with E-state index >= 15 is 0 Å². The van der Waals surface area contributed by atoms with Crippen molar-refractivity contribution in [3.8, 4) is 5.75 Å². The van der Waals surface area contributed by atoms with Crippen LogP contribution in [0.25, 0.3) is 0 Å². The minimum atomic E-state index is -0.799. The second kappa shape index (κ2) is 6.19. The van der Waals surface area contributed by atoms with Crippen molar-refractivity contribution in [1.29, 1.82) is 0 Å². The summed E-state index contributed by atoms with van der Waals surface area (Å²) in [6, 6.07) is 5.11. The third-order valence-corrected chi connectivity index (χ3v) is 2.21. The van der Waals surface area contributed by atoms with E-state index in [0.717, 1.165) is 0 Å². The highest BCUT2D eigenvalue weighted by Gasteiger charge is 2.04.